The number of anilines is 2. The van der Waals surface area contributed by atoms with Crippen LogP contribution in [0.15, 0.2) is 97.1 Å². The summed E-state index contributed by atoms with van der Waals surface area (Å²) in [6, 6.07) is 30.2. The second-order valence-electron chi connectivity index (χ2n) is 8.73. The van der Waals surface area contributed by atoms with E-state index in [-0.39, 0.29) is 11.8 Å². The van der Waals surface area contributed by atoms with Gasteiger partial charge in [-0.15, -0.1) is 0 Å². The van der Waals surface area contributed by atoms with E-state index in [2.05, 4.69) is 10.6 Å². The van der Waals surface area contributed by atoms with Crippen LogP contribution >= 0.6 is 0 Å². The normalized spacial score (nSPS) is 14.4. The molecule has 4 aromatic carbocycles. The number of hydrogen-bond donors (Lipinski definition) is 2. The SMILES string of the molecule is COc1ccc(C2Nc3ccccc3C(=O)N2Cc2ccccc2)cc1Oc1ccc(NC(C)=O)cc1. The van der Waals surface area contributed by atoms with Crippen LogP contribution in [-0.4, -0.2) is 23.8 Å². The predicted molar refractivity (Wildman–Crippen MR) is 143 cm³/mol. The monoisotopic (exact) mass is 493 g/mol. The molecule has 1 heterocycles. The van der Waals surface area contributed by atoms with Gasteiger partial charge in [-0.1, -0.05) is 48.5 Å². The van der Waals surface area contributed by atoms with Crippen molar-refractivity contribution in [2.24, 2.45) is 0 Å². The van der Waals surface area contributed by atoms with Crippen LogP contribution in [0.5, 0.6) is 17.2 Å². The molecule has 0 fully saturated rings. The van der Waals surface area contributed by atoms with Crippen molar-refractivity contribution in [3.63, 3.8) is 0 Å². The second-order valence-corrected chi connectivity index (χ2v) is 8.73. The van der Waals surface area contributed by atoms with Crippen LogP contribution in [0.4, 0.5) is 11.4 Å². The van der Waals surface area contributed by atoms with Crippen molar-refractivity contribution in [1.29, 1.82) is 0 Å². The fourth-order valence-electron chi connectivity index (χ4n) is 4.38. The molecule has 186 valence electrons. The van der Waals surface area contributed by atoms with Gasteiger partial charge in [0.2, 0.25) is 5.91 Å². The van der Waals surface area contributed by atoms with Crippen LogP contribution in [0.25, 0.3) is 0 Å². The van der Waals surface area contributed by atoms with Gasteiger partial charge < -0.3 is 25.0 Å². The predicted octanol–water partition coefficient (Wildman–Crippen LogP) is 6.21. The molecule has 0 aromatic heterocycles. The number of benzene rings is 4. The summed E-state index contributed by atoms with van der Waals surface area (Å²) < 4.78 is 11.7. The molecule has 1 aliphatic heterocycles. The molecule has 7 heteroatoms. The first-order valence-corrected chi connectivity index (χ1v) is 12.0. The number of hydrogen-bond acceptors (Lipinski definition) is 5. The Kier molecular flexibility index (Phi) is 6.76. The van der Waals surface area contributed by atoms with Crippen LogP contribution in [-0.2, 0) is 11.3 Å². The number of amides is 2. The van der Waals surface area contributed by atoms with Crippen LogP contribution < -0.4 is 20.1 Å². The second kappa shape index (κ2) is 10.5. The molecule has 0 saturated heterocycles. The number of nitrogens with one attached hydrogen (secondary N) is 2. The third-order valence-corrected chi connectivity index (χ3v) is 6.12. The van der Waals surface area contributed by atoms with E-state index in [4.69, 9.17) is 9.47 Å². The highest BCUT2D eigenvalue weighted by molar-refractivity contribution is 6.01. The van der Waals surface area contributed by atoms with Crippen molar-refractivity contribution in [3.05, 3.63) is 114 Å². The quantitative estimate of drug-likeness (QED) is 0.320. The van der Waals surface area contributed by atoms with Gasteiger partial charge in [-0.05, 0) is 59.7 Å². The molecule has 5 rings (SSSR count). The molecule has 0 saturated carbocycles. The summed E-state index contributed by atoms with van der Waals surface area (Å²) in [4.78, 5) is 26.7. The minimum absolute atomic E-state index is 0.0463. The molecule has 0 bridgehead atoms. The van der Waals surface area contributed by atoms with Gasteiger partial charge in [0.15, 0.2) is 11.5 Å². The Bertz CT molecular complexity index is 1420. The van der Waals surface area contributed by atoms with Crippen molar-refractivity contribution in [2.75, 3.05) is 17.7 Å². The summed E-state index contributed by atoms with van der Waals surface area (Å²) in [6.07, 6.45) is -0.419. The molecule has 2 amide bonds. The molecule has 2 N–H and O–H groups in total. The maximum Gasteiger partial charge on any atom is 0.258 e. The molecule has 0 aliphatic carbocycles. The highest BCUT2D eigenvalue weighted by atomic mass is 16.5. The van der Waals surface area contributed by atoms with Crippen molar-refractivity contribution >= 4 is 23.2 Å². The van der Waals surface area contributed by atoms with Gasteiger partial charge in [-0.25, -0.2) is 0 Å². The number of ether oxygens (including phenoxy) is 2. The van der Waals surface area contributed by atoms with E-state index < -0.39 is 6.17 Å². The van der Waals surface area contributed by atoms with Gasteiger partial charge >= 0.3 is 0 Å². The average Bonchev–Trinajstić information content (AvgIpc) is 2.91. The van der Waals surface area contributed by atoms with Gasteiger partial charge in [-0.3, -0.25) is 9.59 Å². The van der Waals surface area contributed by atoms with E-state index in [0.29, 0.717) is 35.0 Å². The van der Waals surface area contributed by atoms with E-state index in [1.165, 1.54) is 6.92 Å². The number of fused-ring (bicyclic) bond motifs is 1. The highest BCUT2D eigenvalue weighted by Crippen LogP contribution is 2.39. The Morgan fingerprint density at radius 1 is 0.919 bits per heavy atom. The highest BCUT2D eigenvalue weighted by Gasteiger charge is 2.33. The van der Waals surface area contributed by atoms with Crippen molar-refractivity contribution in [3.8, 4) is 17.2 Å². The lowest BCUT2D eigenvalue weighted by atomic mass is 10.0. The van der Waals surface area contributed by atoms with E-state index in [0.717, 1.165) is 16.8 Å². The van der Waals surface area contributed by atoms with Crippen molar-refractivity contribution < 1.29 is 19.1 Å². The lowest BCUT2D eigenvalue weighted by Crippen LogP contribution is -2.42. The molecular formula is C30H27N3O4. The van der Waals surface area contributed by atoms with E-state index in [1.807, 2.05) is 77.7 Å². The number of rotatable bonds is 7. The molecule has 1 atom stereocenters. The number of methoxy groups -OCH3 is 1. The smallest absolute Gasteiger partial charge is 0.258 e. The van der Waals surface area contributed by atoms with E-state index >= 15 is 0 Å². The summed E-state index contributed by atoms with van der Waals surface area (Å²) >= 11 is 0. The van der Waals surface area contributed by atoms with Crippen LogP contribution in [0.1, 0.15) is 34.6 Å². The number of carbonyl (C=O) groups excluding carboxylic acids is 2. The summed E-state index contributed by atoms with van der Waals surface area (Å²) in [6.45, 7) is 1.91. The Hall–Kier alpha value is -4.78. The third-order valence-electron chi connectivity index (χ3n) is 6.12. The molecule has 0 spiro atoms. The summed E-state index contributed by atoms with van der Waals surface area (Å²) in [5, 5.41) is 6.28. The fraction of sp³-hybridized carbons (Fsp3) is 0.133. The molecule has 37 heavy (non-hydrogen) atoms. The summed E-state index contributed by atoms with van der Waals surface area (Å²) in [5.41, 5.74) is 3.99. The van der Waals surface area contributed by atoms with Crippen LogP contribution in [0.3, 0.4) is 0 Å². The first kappa shape index (κ1) is 23.9. The van der Waals surface area contributed by atoms with Crippen molar-refractivity contribution in [2.45, 2.75) is 19.6 Å². The average molecular weight is 494 g/mol. The molecular weight excluding hydrogens is 466 g/mol. The minimum atomic E-state index is -0.419. The zero-order valence-corrected chi connectivity index (χ0v) is 20.6. The maximum absolute atomic E-state index is 13.6. The topological polar surface area (TPSA) is 79.9 Å². The van der Waals surface area contributed by atoms with Gasteiger partial charge in [0, 0.05) is 24.8 Å². The van der Waals surface area contributed by atoms with E-state index in [1.54, 1.807) is 31.4 Å². The van der Waals surface area contributed by atoms with Crippen molar-refractivity contribution in [1.82, 2.24) is 4.90 Å². The van der Waals surface area contributed by atoms with Crippen LogP contribution in [0, 0.1) is 0 Å². The zero-order chi connectivity index (χ0) is 25.8. The van der Waals surface area contributed by atoms with Gasteiger partial charge in [0.25, 0.3) is 5.91 Å². The minimum Gasteiger partial charge on any atom is -0.493 e. The van der Waals surface area contributed by atoms with Gasteiger partial charge in [0.05, 0.1) is 12.7 Å². The summed E-state index contributed by atoms with van der Waals surface area (Å²) in [7, 11) is 1.59. The Balaban J connectivity index is 1.49. The van der Waals surface area contributed by atoms with Crippen LogP contribution in [0.2, 0.25) is 0 Å². The molecule has 4 aromatic rings. The lowest BCUT2D eigenvalue weighted by molar-refractivity contribution is -0.114. The molecule has 0 radical (unpaired) electrons. The zero-order valence-electron chi connectivity index (χ0n) is 20.6. The molecule has 1 aliphatic rings. The van der Waals surface area contributed by atoms with Gasteiger partial charge in [0.1, 0.15) is 11.9 Å². The number of nitrogens with zero attached hydrogens (tertiary/aromatic N) is 1. The standard InChI is InChI=1S/C30H27N3O4/c1-20(34)31-23-13-15-24(16-14-23)37-28-18-22(12-17-27(28)36-2)29-32-26-11-7-6-10-25(26)30(35)33(29)19-21-8-4-3-5-9-21/h3-18,29,32H,19H2,1-2H3,(H,31,34). The number of carbonyl (C=O) groups is 2. The molecule has 7 nitrogen and oxygen atoms in total. The van der Waals surface area contributed by atoms with E-state index in [9.17, 15) is 9.59 Å². The Labute approximate surface area is 215 Å². The third kappa shape index (κ3) is 5.26. The fourth-order valence-corrected chi connectivity index (χ4v) is 4.38. The maximum atomic E-state index is 13.6. The Morgan fingerprint density at radius 3 is 2.38 bits per heavy atom. The summed E-state index contributed by atoms with van der Waals surface area (Å²) in [5.74, 6) is 1.48. The first-order chi connectivity index (χ1) is 18.0. The first-order valence-electron chi connectivity index (χ1n) is 12.0. The number of para-hydroxylation sites is 1. The molecule has 1 unspecified atom stereocenters. The lowest BCUT2D eigenvalue weighted by Gasteiger charge is -2.38. The van der Waals surface area contributed by atoms with Gasteiger partial charge in [-0.2, -0.15) is 0 Å². The Morgan fingerprint density at radius 2 is 1.65 bits per heavy atom. The largest absolute Gasteiger partial charge is 0.493 e.